The second-order valence-electron chi connectivity index (χ2n) is 22.0. The van der Waals surface area contributed by atoms with Crippen LogP contribution in [-0.2, 0) is 40.6 Å². The van der Waals surface area contributed by atoms with E-state index in [4.69, 9.17) is 23.7 Å². The Morgan fingerprint density at radius 1 is 0.622 bits per heavy atom. The van der Waals surface area contributed by atoms with Gasteiger partial charge in [-0.15, -0.1) is 0 Å². The van der Waals surface area contributed by atoms with Crippen molar-refractivity contribution in [3.05, 3.63) is 252 Å². The Hall–Kier alpha value is -10.4. The van der Waals surface area contributed by atoms with Crippen LogP contribution in [0.15, 0.2) is 212 Å². The summed E-state index contributed by atoms with van der Waals surface area (Å²) in [6, 6.07) is 51.5. The molecule has 0 radical (unpaired) electrons. The highest BCUT2D eigenvalue weighted by Crippen LogP contribution is 2.41. The maximum Gasteiger partial charge on any atom is 0.410 e. The maximum atomic E-state index is 13.9. The van der Waals surface area contributed by atoms with Gasteiger partial charge in [0.15, 0.2) is 23.0 Å². The first-order chi connectivity index (χ1) is 43.7. The molecule has 1 amide bonds. The van der Waals surface area contributed by atoms with Gasteiger partial charge in [0, 0.05) is 54.6 Å². The van der Waals surface area contributed by atoms with Crippen molar-refractivity contribution in [1.82, 2.24) is 50.4 Å². The molecule has 0 bridgehead atoms. The molecule has 2 aliphatic rings. The Balaban J connectivity index is 0.000000165. The SMILES string of the molecule is COc1cc2c(cc1OCc1ccccc1)CCN(C(=O)OC(C)(C)C)C2CS(=O)(=O)c1nnnn1-c1ccccc1.COc1cc2c(cc1OCc1ccccc1)CCNC2/C=C/c1ccc(-c2cncnc2)cc1.O=Cc1ccc(-c2cncnc2)cc1. The summed E-state index contributed by atoms with van der Waals surface area (Å²) in [7, 11) is -0.908. The molecular weight excluding hydrogens is 1160 g/mol. The van der Waals surface area contributed by atoms with Crippen LogP contribution in [0.2, 0.25) is 0 Å². The smallest absolute Gasteiger partial charge is 0.410 e. The number of aromatic nitrogens is 8. The summed E-state index contributed by atoms with van der Waals surface area (Å²) in [4.78, 5) is 41.3. The number of para-hydroxylation sites is 1. The minimum Gasteiger partial charge on any atom is -0.493 e. The molecule has 2 atom stereocenters. The van der Waals surface area contributed by atoms with Crippen LogP contribution in [0, 0.1) is 0 Å². The Labute approximate surface area is 523 Å². The third kappa shape index (κ3) is 16.2. The number of benzene rings is 7. The van der Waals surface area contributed by atoms with Crippen LogP contribution in [0.25, 0.3) is 34.0 Å². The first-order valence-electron chi connectivity index (χ1n) is 29.1. The summed E-state index contributed by atoms with van der Waals surface area (Å²) in [6.45, 7) is 7.31. The van der Waals surface area contributed by atoms with E-state index in [-0.39, 0.29) is 17.7 Å². The number of nitrogens with zero attached hydrogens (tertiary/aromatic N) is 9. The van der Waals surface area contributed by atoms with Crippen LogP contribution in [0.4, 0.5) is 4.79 Å². The summed E-state index contributed by atoms with van der Waals surface area (Å²) in [5.74, 6) is 2.02. The van der Waals surface area contributed by atoms with Crippen molar-refractivity contribution in [3.8, 4) is 50.9 Å². The summed E-state index contributed by atoms with van der Waals surface area (Å²) in [6.07, 6.45) is 16.2. The van der Waals surface area contributed by atoms with E-state index in [1.807, 2.05) is 85.2 Å². The average molecular weight is 1230 g/mol. The normalized spacial score (nSPS) is 14.3. The highest BCUT2D eigenvalue weighted by Gasteiger charge is 2.40. The zero-order chi connectivity index (χ0) is 62.9. The predicted octanol–water partition coefficient (Wildman–Crippen LogP) is 12.1. The topological polar surface area (TPSA) is 225 Å². The molecular formula is C70H68N10O9S. The van der Waals surface area contributed by atoms with Gasteiger partial charge < -0.3 is 29.0 Å². The summed E-state index contributed by atoms with van der Waals surface area (Å²) >= 11 is 0. The standard InChI is InChI=1S/C30H33N5O6S.C29H27N3O2.C11H8N2O/c1-30(2,3)41-29(36)34-16-15-22-17-27(40-19-21-11-7-5-8-12-21)26(39-4)18-24(22)25(34)20-42(37,38)28-31-32-33-35(28)23-13-9-6-10-14-23;1-33-28-16-26-24(15-29(28)34-19-22-5-3-2-4-6-22)13-14-32-27(26)12-9-21-7-10-23(11-8-21)25-17-30-20-31-18-25;14-7-9-1-3-10(4-2-9)11-5-12-8-13-6-11/h5-14,17-18,25H,15-16,19-20H2,1-4H3;2-12,15-18,20,27,32H,13-14,19H2,1H3;1-8H/b;12-9+;. The van der Waals surface area contributed by atoms with Crippen LogP contribution in [0.3, 0.4) is 0 Å². The number of carbonyl (C=O) groups excluding carboxylic acids is 2. The Kier molecular flexibility index (Phi) is 20.5. The fourth-order valence-electron chi connectivity index (χ4n) is 10.2. The van der Waals surface area contributed by atoms with Crippen LogP contribution in [-0.4, -0.2) is 105 Å². The first-order valence-corrected chi connectivity index (χ1v) is 30.8. The monoisotopic (exact) mass is 1220 g/mol. The second-order valence-corrected chi connectivity index (χ2v) is 24.0. The van der Waals surface area contributed by atoms with E-state index in [1.165, 1.54) is 34.1 Å². The van der Waals surface area contributed by atoms with Gasteiger partial charge in [0.05, 0.1) is 37.7 Å². The van der Waals surface area contributed by atoms with Crippen LogP contribution < -0.4 is 24.3 Å². The molecule has 7 aromatic carbocycles. The molecule has 2 aliphatic heterocycles. The minimum absolute atomic E-state index is 0.114. The maximum absolute atomic E-state index is 13.9. The van der Waals surface area contributed by atoms with Gasteiger partial charge in [-0.05, 0) is 131 Å². The number of nitrogens with one attached hydrogen (secondary N) is 1. The molecule has 12 rings (SSSR count). The van der Waals surface area contributed by atoms with Crippen molar-refractivity contribution in [2.45, 2.75) is 69.7 Å². The Bertz CT molecular complexity index is 4120. The number of ether oxygens (including phenoxy) is 5. The fraction of sp³-hybridized carbons (Fsp3) is 0.214. The molecule has 19 nitrogen and oxygen atoms in total. The van der Waals surface area contributed by atoms with Crippen molar-refractivity contribution in [1.29, 1.82) is 0 Å². The molecule has 0 saturated heterocycles. The lowest BCUT2D eigenvalue weighted by molar-refractivity contribution is 0.0162. The molecule has 2 unspecified atom stereocenters. The molecule has 90 heavy (non-hydrogen) atoms. The number of sulfone groups is 1. The van der Waals surface area contributed by atoms with Crippen molar-refractivity contribution in [2.24, 2.45) is 0 Å². The van der Waals surface area contributed by atoms with E-state index in [9.17, 15) is 18.0 Å². The zero-order valence-electron chi connectivity index (χ0n) is 50.5. The van der Waals surface area contributed by atoms with Gasteiger partial charge in [-0.25, -0.2) is 33.1 Å². The molecule has 5 heterocycles. The molecule has 3 aromatic heterocycles. The predicted molar refractivity (Wildman–Crippen MR) is 342 cm³/mol. The van der Waals surface area contributed by atoms with E-state index in [0.29, 0.717) is 47.9 Å². The number of aldehydes is 1. The Morgan fingerprint density at radius 2 is 1.13 bits per heavy atom. The molecule has 10 aromatic rings. The van der Waals surface area contributed by atoms with Gasteiger partial charge in [0.2, 0.25) is 9.84 Å². The number of carbonyl (C=O) groups is 2. The van der Waals surface area contributed by atoms with E-state index < -0.39 is 33.3 Å². The van der Waals surface area contributed by atoms with Gasteiger partial charge in [-0.2, -0.15) is 4.68 Å². The van der Waals surface area contributed by atoms with Crippen molar-refractivity contribution < 1.29 is 41.7 Å². The lowest BCUT2D eigenvalue weighted by Crippen LogP contribution is -2.45. The summed E-state index contributed by atoms with van der Waals surface area (Å²) in [5.41, 5.74) is 11.7. The Morgan fingerprint density at radius 3 is 1.66 bits per heavy atom. The number of fused-ring (bicyclic) bond motifs is 2. The molecule has 20 heteroatoms. The van der Waals surface area contributed by atoms with Gasteiger partial charge in [-0.1, -0.05) is 145 Å². The van der Waals surface area contributed by atoms with Gasteiger partial charge in [0.25, 0.3) is 5.16 Å². The van der Waals surface area contributed by atoms with E-state index >= 15 is 0 Å². The van der Waals surface area contributed by atoms with Gasteiger partial charge >= 0.3 is 6.09 Å². The van der Waals surface area contributed by atoms with Gasteiger partial charge in [-0.3, -0.25) is 9.69 Å². The number of methoxy groups -OCH3 is 2. The van der Waals surface area contributed by atoms with Crippen molar-refractivity contribution >= 4 is 28.3 Å². The van der Waals surface area contributed by atoms with E-state index in [1.54, 1.807) is 89.1 Å². The van der Waals surface area contributed by atoms with Crippen LogP contribution >= 0.6 is 0 Å². The highest BCUT2D eigenvalue weighted by molar-refractivity contribution is 7.91. The highest BCUT2D eigenvalue weighted by atomic mass is 32.2. The summed E-state index contributed by atoms with van der Waals surface area (Å²) in [5, 5.41) is 14.7. The number of tetrazole rings is 1. The van der Waals surface area contributed by atoms with Crippen molar-refractivity contribution in [3.63, 3.8) is 0 Å². The second kappa shape index (κ2) is 29.5. The molecule has 0 aliphatic carbocycles. The average Bonchev–Trinajstić information content (AvgIpc) is 1.11. The van der Waals surface area contributed by atoms with E-state index in [0.717, 1.165) is 75.3 Å². The fourth-order valence-corrected chi connectivity index (χ4v) is 11.7. The molecule has 0 saturated carbocycles. The largest absolute Gasteiger partial charge is 0.493 e. The molecule has 1 N–H and O–H groups in total. The number of hydrogen-bond acceptors (Lipinski definition) is 17. The quantitative estimate of drug-likeness (QED) is 0.0836. The third-order valence-corrected chi connectivity index (χ3v) is 16.3. The van der Waals surface area contributed by atoms with E-state index in [2.05, 4.69) is 101 Å². The lowest BCUT2D eigenvalue weighted by Gasteiger charge is -2.38. The van der Waals surface area contributed by atoms with Crippen molar-refractivity contribution in [2.75, 3.05) is 33.1 Å². The molecule has 0 spiro atoms. The van der Waals surface area contributed by atoms with Crippen LogP contribution in [0.1, 0.15) is 82.2 Å². The third-order valence-electron chi connectivity index (χ3n) is 14.7. The zero-order valence-corrected chi connectivity index (χ0v) is 51.3. The van der Waals surface area contributed by atoms with Crippen LogP contribution in [0.5, 0.6) is 23.0 Å². The molecule has 458 valence electrons. The first kappa shape index (κ1) is 62.6. The number of amides is 1. The number of hydrogen-bond donors (Lipinski definition) is 1. The number of rotatable bonds is 17. The lowest BCUT2D eigenvalue weighted by atomic mass is 9.93. The minimum atomic E-state index is -4.12. The summed E-state index contributed by atoms with van der Waals surface area (Å²) < 4.78 is 58.2. The molecule has 0 fully saturated rings. The van der Waals surface area contributed by atoms with Gasteiger partial charge in [0.1, 0.15) is 37.8 Å².